The number of benzene rings is 1. The van der Waals surface area contributed by atoms with Crippen LogP contribution in [-0.2, 0) is 0 Å². The molecule has 1 aromatic carbocycles. The van der Waals surface area contributed by atoms with Crippen molar-refractivity contribution in [2.75, 3.05) is 6.54 Å². The highest BCUT2D eigenvalue weighted by atomic mass is 19.1. The average molecular weight is 251 g/mol. The van der Waals surface area contributed by atoms with E-state index in [4.69, 9.17) is 0 Å². The van der Waals surface area contributed by atoms with E-state index in [1.54, 1.807) is 6.07 Å². The lowest BCUT2D eigenvalue weighted by atomic mass is 9.97. The molecule has 0 aliphatic heterocycles. The molecule has 0 heterocycles. The van der Waals surface area contributed by atoms with Crippen molar-refractivity contribution in [2.45, 2.75) is 38.6 Å². The number of halogens is 2. The molecule has 0 radical (unpaired) electrons. The molecule has 1 atom stereocenters. The van der Waals surface area contributed by atoms with E-state index in [1.165, 1.54) is 11.6 Å². The Kier molecular flexibility index (Phi) is 4.48. The summed E-state index contributed by atoms with van der Waals surface area (Å²) < 4.78 is 26.8. The Labute approximate surface area is 107 Å². The smallest absolute Gasteiger partial charge is 0.131 e. The molecule has 18 heavy (non-hydrogen) atoms. The van der Waals surface area contributed by atoms with Crippen molar-refractivity contribution in [1.29, 1.82) is 0 Å². The lowest BCUT2D eigenvalue weighted by Crippen LogP contribution is -2.24. The third-order valence-electron chi connectivity index (χ3n) is 3.32. The highest BCUT2D eigenvalue weighted by Crippen LogP contribution is 2.32. The van der Waals surface area contributed by atoms with Gasteiger partial charge < -0.3 is 5.32 Å². The average Bonchev–Trinajstić information content (AvgIpc) is 2.85. The molecular formula is C15H19F2N. The van der Waals surface area contributed by atoms with Gasteiger partial charge in [0, 0.05) is 11.6 Å². The van der Waals surface area contributed by atoms with Crippen molar-refractivity contribution in [3.05, 3.63) is 47.0 Å². The Hall–Kier alpha value is -1.22. The maximum absolute atomic E-state index is 13.9. The molecule has 98 valence electrons. The molecule has 0 bridgehead atoms. The maximum atomic E-state index is 13.9. The Morgan fingerprint density at radius 2 is 2.17 bits per heavy atom. The fraction of sp³-hybridized carbons (Fsp3) is 0.467. The summed E-state index contributed by atoms with van der Waals surface area (Å²) in [6.45, 7) is 2.91. The molecule has 1 unspecified atom stereocenters. The van der Waals surface area contributed by atoms with Gasteiger partial charge in [0.25, 0.3) is 0 Å². The summed E-state index contributed by atoms with van der Waals surface area (Å²) in [6.07, 6.45) is 6.35. The first-order valence-electron chi connectivity index (χ1n) is 6.59. The van der Waals surface area contributed by atoms with Gasteiger partial charge in [-0.25, -0.2) is 8.78 Å². The predicted octanol–water partition coefficient (Wildman–Crippen LogP) is 4.12. The molecule has 1 aromatic rings. The molecular weight excluding hydrogens is 232 g/mol. The zero-order valence-corrected chi connectivity index (χ0v) is 10.7. The fourth-order valence-electron chi connectivity index (χ4n) is 2.42. The number of allylic oxidation sites excluding steroid dienone is 1. The minimum atomic E-state index is -0.522. The molecule has 1 aliphatic carbocycles. The van der Waals surface area contributed by atoms with Crippen LogP contribution in [0.2, 0.25) is 0 Å². The van der Waals surface area contributed by atoms with Gasteiger partial charge in [0.1, 0.15) is 11.6 Å². The van der Waals surface area contributed by atoms with Gasteiger partial charge in [-0.15, -0.1) is 0 Å². The third kappa shape index (κ3) is 2.96. The zero-order chi connectivity index (χ0) is 13.0. The van der Waals surface area contributed by atoms with E-state index < -0.39 is 11.6 Å². The van der Waals surface area contributed by atoms with Gasteiger partial charge in [0.15, 0.2) is 0 Å². The van der Waals surface area contributed by atoms with Crippen molar-refractivity contribution in [1.82, 2.24) is 5.32 Å². The number of hydrogen-bond acceptors (Lipinski definition) is 1. The van der Waals surface area contributed by atoms with E-state index in [-0.39, 0.29) is 6.04 Å². The van der Waals surface area contributed by atoms with Crippen LogP contribution in [0.1, 0.15) is 44.2 Å². The van der Waals surface area contributed by atoms with Crippen LogP contribution in [-0.4, -0.2) is 6.54 Å². The SMILES string of the molecule is CCCNC(C1=CCCC1)c1ccc(F)cc1F. The third-order valence-corrected chi connectivity index (χ3v) is 3.32. The normalized spacial score (nSPS) is 16.7. The van der Waals surface area contributed by atoms with E-state index in [2.05, 4.69) is 18.3 Å². The van der Waals surface area contributed by atoms with Gasteiger partial charge in [-0.05, 0) is 38.3 Å². The summed E-state index contributed by atoms with van der Waals surface area (Å²) in [5.74, 6) is -0.984. The Balaban J connectivity index is 2.26. The molecule has 0 amide bonds. The Morgan fingerprint density at radius 3 is 2.78 bits per heavy atom. The highest BCUT2D eigenvalue weighted by molar-refractivity contribution is 5.31. The molecule has 0 saturated carbocycles. The quantitative estimate of drug-likeness (QED) is 0.776. The van der Waals surface area contributed by atoms with Gasteiger partial charge in [-0.3, -0.25) is 0 Å². The molecule has 0 fully saturated rings. The Morgan fingerprint density at radius 1 is 1.33 bits per heavy atom. The molecule has 1 aliphatic rings. The van der Waals surface area contributed by atoms with Crippen LogP contribution in [0.3, 0.4) is 0 Å². The van der Waals surface area contributed by atoms with E-state index >= 15 is 0 Å². The van der Waals surface area contributed by atoms with Gasteiger partial charge in [0.2, 0.25) is 0 Å². The van der Waals surface area contributed by atoms with Crippen LogP contribution in [0.15, 0.2) is 29.8 Å². The molecule has 0 aromatic heterocycles. The summed E-state index contributed by atoms with van der Waals surface area (Å²) >= 11 is 0. The summed E-state index contributed by atoms with van der Waals surface area (Å²) in [5, 5.41) is 3.36. The minimum absolute atomic E-state index is 0.104. The summed E-state index contributed by atoms with van der Waals surface area (Å²) in [5.41, 5.74) is 1.78. The summed E-state index contributed by atoms with van der Waals surface area (Å²) in [4.78, 5) is 0. The first-order chi connectivity index (χ1) is 8.72. The molecule has 3 heteroatoms. The fourth-order valence-corrected chi connectivity index (χ4v) is 2.42. The van der Waals surface area contributed by atoms with Crippen LogP contribution < -0.4 is 5.32 Å². The van der Waals surface area contributed by atoms with Crippen molar-refractivity contribution >= 4 is 0 Å². The summed E-state index contributed by atoms with van der Waals surface area (Å²) in [6, 6.07) is 3.74. The lowest BCUT2D eigenvalue weighted by molar-refractivity contribution is 0.523. The lowest BCUT2D eigenvalue weighted by Gasteiger charge is -2.21. The van der Waals surface area contributed by atoms with Gasteiger partial charge in [-0.2, -0.15) is 0 Å². The number of hydrogen-bond donors (Lipinski definition) is 1. The van der Waals surface area contributed by atoms with Crippen LogP contribution >= 0.6 is 0 Å². The molecule has 1 nitrogen and oxygen atoms in total. The van der Waals surface area contributed by atoms with E-state index in [0.717, 1.165) is 38.3 Å². The molecule has 0 saturated heterocycles. The second-order valence-corrected chi connectivity index (χ2v) is 4.72. The van der Waals surface area contributed by atoms with E-state index in [1.807, 2.05) is 0 Å². The second kappa shape index (κ2) is 6.10. The van der Waals surface area contributed by atoms with Crippen molar-refractivity contribution in [3.63, 3.8) is 0 Å². The first-order valence-corrected chi connectivity index (χ1v) is 6.59. The van der Waals surface area contributed by atoms with Gasteiger partial charge in [-0.1, -0.05) is 24.6 Å². The van der Waals surface area contributed by atoms with Gasteiger partial charge >= 0.3 is 0 Å². The first kappa shape index (κ1) is 13.2. The summed E-state index contributed by atoms with van der Waals surface area (Å²) in [7, 11) is 0. The zero-order valence-electron chi connectivity index (χ0n) is 10.7. The predicted molar refractivity (Wildman–Crippen MR) is 69.3 cm³/mol. The number of rotatable bonds is 5. The minimum Gasteiger partial charge on any atom is -0.306 e. The van der Waals surface area contributed by atoms with E-state index in [0.29, 0.717) is 5.56 Å². The molecule has 2 rings (SSSR count). The molecule has 1 N–H and O–H groups in total. The van der Waals surface area contributed by atoms with Crippen LogP contribution in [0.25, 0.3) is 0 Å². The second-order valence-electron chi connectivity index (χ2n) is 4.72. The topological polar surface area (TPSA) is 12.0 Å². The Bertz CT molecular complexity index is 440. The van der Waals surface area contributed by atoms with Crippen molar-refractivity contribution in [3.8, 4) is 0 Å². The van der Waals surface area contributed by atoms with Gasteiger partial charge in [0.05, 0.1) is 6.04 Å². The van der Waals surface area contributed by atoms with Crippen molar-refractivity contribution < 1.29 is 8.78 Å². The monoisotopic (exact) mass is 251 g/mol. The van der Waals surface area contributed by atoms with E-state index in [9.17, 15) is 8.78 Å². The number of nitrogens with one attached hydrogen (secondary N) is 1. The standard InChI is InChI=1S/C15H19F2N/c1-2-9-18-15(11-5-3-4-6-11)13-8-7-12(16)10-14(13)17/h5,7-8,10,15,18H,2-4,6,9H2,1H3. The van der Waals surface area contributed by atoms with Crippen LogP contribution in [0.5, 0.6) is 0 Å². The molecule has 0 spiro atoms. The largest absolute Gasteiger partial charge is 0.306 e. The van der Waals surface area contributed by atoms with Crippen LogP contribution in [0.4, 0.5) is 8.78 Å². The maximum Gasteiger partial charge on any atom is 0.131 e. The highest BCUT2D eigenvalue weighted by Gasteiger charge is 2.21. The van der Waals surface area contributed by atoms with Crippen molar-refractivity contribution in [2.24, 2.45) is 0 Å². The van der Waals surface area contributed by atoms with Crippen LogP contribution in [0, 0.1) is 11.6 Å².